The molecule has 1 aromatic heterocycles. The molecule has 22 heavy (non-hydrogen) atoms. The van der Waals surface area contributed by atoms with Crippen LogP contribution >= 0.6 is 0 Å². The Morgan fingerprint density at radius 2 is 2.09 bits per heavy atom. The molecular formula is C16H17N3O3. The van der Waals surface area contributed by atoms with Gasteiger partial charge in [-0.15, -0.1) is 0 Å². The maximum atomic E-state index is 12.3. The number of nitrogens with zero attached hydrogens (tertiary/aromatic N) is 1. The number of hydrogen-bond donors (Lipinski definition) is 2. The lowest BCUT2D eigenvalue weighted by atomic mass is 10.1. The fourth-order valence-corrected chi connectivity index (χ4v) is 1.94. The number of ether oxygens (including phenoxy) is 1. The summed E-state index contributed by atoms with van der Waals surface area (Å²) in [6.45, 7) is 0.255. The molecule has 0 atom stereocenters. The fraction of sp³-hybridized carbons (Fsp3) is 0.188. The number of methoxy groups -OCH3 is 1. The minimum Gasteiger partial charge on any atom is -0.481 e. The summed E-state index contributed by atoms with van der Waals surface area (Å²) in [5.74, 6) is -0.0894. The van der Waals surface area contributed by atoms with E-state index in [0.29, 0.717) is 17.0 Å². The zero-order chi connectivity index (χ0) is 15.9. The zero-order valence-corrected chi connectivity index (χ0v) is 12.4. The Morgan fingerprint density at radius 1 is 1.32 bits per heavy atom. The molecule has 6 heteroatoms. The van der Waals surface area contributed by atoms with E-state index in [0.717, 1.165) is 5.39 Å². The van der Waals surface area contributed by atoms with E-state index in [1.54, 1.807) is 19.2 Å². The number of rotatable bonds is 5. The summed E-state index contributed by atoms with van der Waals surface area (Å²) in [7, 11) is 3.05. The van der Waals surface area contributed by atoms with Crippen LogP contribution in [0.15, 0.2) is 42.5 Å². The Balaban J connectivity index is 2.20. The highest BCUT2D eigenvalue weighted by Crippen LogP contribution is 2.21. The second-order valence-electron chi connectivity index (χ2n) is 4.46. The first kappa shape index (κ1) is 15.5. The number of carbonyl (C=O) groups excluding carboxylic acids is 2. The highest BCUT2D eigenvalue weighted by molar-refractivity contribution is 6.06. The van der Waals surface area contributed by atoms with Crippen LogP contribution in [0.5, 0.6) is 5.88 Å². The number of benzene rings is 1. The topological polar surface area (TPSA) is 80.3 Å². The number of likely N-dealkylation sites (N-methyl/N-ethyl adjacent to an activating group) is 1. The first-order valence-electron chi connectivity index (χ1n) is 6.76. The van der Waals surface area contributed by atoms with E-state index in [4.69, 9.17) is 4.74 Å². The lowest BCUT2D eigenvalue weighted by molar-refractivity contribution is -0.116. The second-order valence-corrected chi connectivity index (χ2v) is 4.46. The molecule has 2 amide bonds. The number of amides is 2. The lowest BCUT2D eigenvalue weighted by Crippen LogP contribution is -2.24. The molecule has 2 N–H and O–H groups in total. The summed E-state index contributed by atoms with van der Waals surface area (Å²) < 4.78 is 5.13. The minimum atomic E-state index is -0.251. The van der Waals surface area contributed by atoms with Crippen LogP contribution in [-0.4, -0.2) is 37.5 Å². The van der Waals surface area contributed by atoms with Gasteiger partial charge in [-0.2, -0.15) is 0 Å². The van der Waals surface area contributed by atoms with E-state index in [-0.39, 0.29) is 18.4 Å². The van der Waals surface area contributed by atoms with Crippen LogP contribution in [0.4, 0.5) is 0 Å². The van der Waals surface area contributed by atoms with Gasteiger partial charge in [0.15, 0.2) is 0 Å². The molecule has 0 unspecified atom stereocenters. The number of para-hydroxylation sites is 1. The first-order valence-corrected chi connectivity index (χ1v) is 6.76. The van der Waals surface area contributed by atoms with Crippen molar-refractivity contribution in [3.8, 4) is 5.88 Å². The Bertz CT molecular complexity index is 726. The van der Waals surface area contributed by atoms with Gasteiger partial charge in [0.05, 0.1) is 18.2 Å². The number of pyridine rings is 1. The van der Waals surface area contributed by atoms with Crippen molar-refractivity contribution >= 4 is 22.7 Å². The first-order chi connectivity index (χ1) is 10.7. The highest BCUT2D eigenvalue weighted by atomic mass is 16.5. The van der Waals surface area contributed by atoms with Crippen molar-refractivity contribution in [3.63, 3.8) is 0 Å². The molecule has 2 rings (SSSR count). The third kappa shape index (κ3) is 3.60. The normalized spacial score (nSPS) is 10.6. The average molecular weight is 299 g/mol. The maximum Gasteiger partial charge on any atom is 0.252 e. The Hall–Kier alpha value is -2.89. The van der Waals surface area contributed by atoms with E-state index in [2.05, 4.69) is 15.6 Å². The van der Waals surface area contributed by atoms with Crippen molar-refractivity contribution < 1.29 is 14.3 Å². The van der Waals surface area contributed by atoms with E-state index >= 15 is 0 Å². The Labute approximate surface area is 128 Å². The fourth-order valence-electron chi connectivity index (χ4n) is 1.94. The standard InChI is InChI=1S/C16H17N3O3/c1-17-14(20)8-5-9-18-16(21)12-10-15(22-2)19-13-7-4-3-6-11(12)13/h3-8,10H,9H2,1-2H3,(H,17,20)(H,18,21). The molecule has 0 saturated heterocycles. The van der Waals surface area contributed by atoms with Crippen molar-refractivity contribution in [2.24, 2.45) is 0 Å². The quantitative estimate of drug-likeness (QED) is 0.815. The second kappa shape index (κ2) is 7.21. The van der Waals surface area contributed by atoms with Gasteiger partial charge in [-0.25, -0.2) is 4.98 Å². The molecule has 0 saturated carbocycles. The van der Waals surface area contributed by atoms with Gasteiger partial charge < -0.3 is 15.4 Å². The Kier molecular flexibility index (Phi) is 5.08. The summed E-state index contributed by atoms with van der Waals surface area (Å²) >= 11 is 0. The summed E-state index contributed by atoms with van der Waals surface area (Å²) in [6, 6.07) is 8.94. The molecule has 0 bridgehead atoms. The van der Waals surface area contributed by atoms with Crippen LogP contribution in [0.1, 0.15) is 10.4 Å². The van der Waals surface area contributed by atoms with Crippen molar-refractivity contribution in [3.05, 3.63) is 48.0 Å². The van der Waals surface area contributed by atoms with Crippen molar-refractivity contribution in [2.75, 3.05) is 20.7 Å². The van der Waals surface area contributed by atoms with Crippen LogP contribution in [0, 0.1) is 0 Å². The predicted molar refractivity (Wildman–Crippen MR) is 83.8 cm³/mol. The van der Waals surface area contributed by atoms with Gasteiger partial charge in [-0.05, 0) is 6.07 Å². The van der Waals surface area contributed by atoms with Crippen LogP contribution in [0.2, 0.25) is 0 Å². The van der Waals surface area contributed by atoms with Crippen molar-refractivity contribution in [1.29, 1.82) is 0 Å². The summed E-state index contributed by atoms with van der Waals surface area (Å²) in [5, 5.41) is 5.94. The molecule has 114 valence electrons. The minimum absolute atomic E-state index is 0.217. The maximum absolute atomic E-state index is 12.3. The summed E-state index contributed by atoms with van der Waals surface area (Å²) in [4.78, 5) is 27.7. The van der Waals surface area contributed by atoms with Gasteiger partial charge in [0.1, 0.15) is 0 Å². The molecule has 0 aliphatic heterocycles. The number of carbonyl (C=O) groups is 2. The van der Waals surface area contributed by atoms with E-state index in [1.807, 2.05) is 24.3 Å². The predicted octanol–water partition coefficient (Wildman–Crippen LogP) is 1.28. The monoisotopic (exact) mass is 299 g/mol. The van der Waals surface area contributed by atoms with Crippen LogP contribution in [-0.2, 0) is 4.79 Å². The highest BCUT2D eigenvalue weighted by Gasteiger charge is 2.12. The van der Waals surface area contributed by atoms with E-state index in [1.165, 1.54) is 13.2 Å². The molecule has 0 spiro atoms. The average Bonchev–Trinajstić information content (AvgIpc) is 2.57. The smallest absolute Gasteiger partial charge is 0.252 e. The number of nitrogens with one attached hydrogen (secondary N) is 2. The number of fused-ring (bicyclic) bond motifs is 1. The largest absolute Gasteiger partial charge is 0.481 e. The van der Waals surface area contributed by atoms with E-state index < -0.39 is 0 Å². The van der Waals surface area contributed by atoms with Gasteiger partial charge in [-0.3, -0.25) is 9.59 Å². The molecule has 2 aromatic rings. The molecule has 6 nitrogen and oxygen atoms in total. The number of aromatic nitrogens is 1. The lowest BCUT2D eigenvalue weighted by Gasteiger charge is -2.08. The molecule has 0 radical (unpaired) electrons. The van der Waals surface area contributed by atoms with Gasteiger partial charge in [0.25, 0.3) is 5.91 Å². The van der Waals surface area contributed by atoms with Crippen LogP contribution in [0.3, 0.4) is 0 Å². The van der Waals surface area contributed by atoms with Gasteiger partial charge in [-0.1, -0.05) is 24.3 Å². The zero-order valence-electron chi connectivity index (χ0n) is 12.4. The molecular weight excluding hydrogens is 282 g/mol. The SMILES string of the molecule is CNC(=O)C=CCNC(=O)c1cc(OC)nc2ccccc12. The summed E-state index contributed by atoms with van der Waals surface area (Å²) in [5.41, 5.74) is 1.17. The van der Waals surface area contributed by atoms with Crippen molar-refractivity contribution in [1.82, 2.24) is 15.6 Å². The molecule has 1 heterocycles. The molecule has 0 fully saturated rings. The number of hydrogen-bond acceptors (Lipinski definition) is 4. The van der Waals surface area contributed by atoms with Gasteiger partial charge >= 0.3 is 0 Å². The van der Waals surface area contributed by atoms with Crippen LogP contribution in [0.25, 0.3) is 10.9 Å². The van der Waals surface area contributed by atoms with Gasteiger partial charge in [0, 0.05) is 31.1 Å². The Morgan fingerprint density at radius 3 is 2.82 bits per heavy atom. The van der Waals surface area contributed by atoms with Crippen LogP contribution < -0.4 is 15.4 Å². The molecule has 1 aromatic carbocycles. The molecule has 0 aliphatic rings. The van der Waals surface area contributed by atoms with Gasteiger partial charge in [0.2, 0.25) is 11.8 Å². The third-order valence-electron chi connectivity index (χ3n) is 3.04. The van der Waals surface area contributed by atoms with E-state index in [9.17, 15) is 9.59 Å². The molecule has 0 aliphatic carbocycles. The summed E-state index contributed by atoms with van der Waals surface area (Å²) in [6.07, 6.45) is 2.95. The van der Waals surface area contributed by atoms with Crippen molar-refractivity contribution in [2.45, 2.75) is 0 Å². The third-order valence-corrected chi connectivity index (χ3v) is 3.04.